The molecule has 1 unspecified atom stereocenters. The van der Waals surface area contributed by atoms with Crippen molar-refractivity contribution >= 4 is 22.9 Å². The summed E-state index contributed by atoms with van der Waals surface area (Å²) in [5.74, 6) is 0. The van der Waals surface area contributed by atoms with Gasteiger partial charge in [0.15, 0.2) is 0 Å². The standard InChI is InChI=1S/C16H18ClNS/c1-16(18,14-8-9-15(17)19-14)13-7-6-11-4-2-3-5-12(11)10-13/h6-10H,2-5,18H2,1H3. The Morgan fingerprint density at radius 1 is 1.11 bits per heavy atom. The molecule has 2 N–H and O–H groups in total. The Labute approximate surface area is 123 Å². The Balaban J connectivity index is 2.01. The molecule has 1 aliphatic carbocycles. The Bertz CT molecular complexity index is 601. The van der Waals surface area contributed by atoms with Gasteiger partial charge >= 0.3 is 0 Å². The minimum absolute atomic E-state index is 0.454. The third-order valence-electron chi connectivity index (χ3n) is 4.03. The third kappa shape index (κ3) is 2.45. The van der Waals surface area contributed by atoms with Gasteiger partial charge in [-0.2, -0.15) is 0 Å². The lowest BCUT2D eigenvalue weighted by Gasteiger charge is -2.26. The van der Waals surface area contributed by atoms with E-state index in [1.54, 1.807) is 11.3 Å². The molecule has 2 aromatic rings. The molecule has 1 aromatic heterocycles. The molecule has 0 fully saturated rings. The fraction of sp³-hybridized carbons (Fsp3) is 0.375. The molecule has 0 radical (unpaired) electrons. The zero-order valence-corrected chi connectivity index (χ0v) is 12.7. The number of nitrogens with two attached hydrogens (primary N) is 1. The van der Waals surface area contributed by atoms with Crippen molar-refractivity contribution in [3.8, 4) is 0 Å². The molecule has 3 heteroatoms. The van der Waals surface area contributed by atoms with Crippen molar-refractivity contribution in [3.05, 3.63) is 56.2 Å². The highest BCUT2D eigenvalue weighted by Gasteiger charge is 2.26. The molecule has 0 spiro atoms. The van der Waals surface area contributed by atoms with Crippen molar-refractivity contribution in [2.75, 3.05) is 0 Å². The molecule has 1 aromatic carbocycles. The summed E-state index contributed by atoms with van der Waals surface area (Å²) in [5.41, 5.74) is 10.3. The number of thiophene rings is 1. The molecule has 0 aliphatic heterocycles. The molecule has 1 atom stereocenters. The van der Waals surface area contributed by atoms with Crippen LogP contribution in [-0.2, 0) is 18.4 Å². The molecule has 1 nitrogen and oxygen atoms in total. The van der Waals surface area contributed by atoms with Gasteiger partial charge in [-0.05, 0) is 61.4 Å². The van der Waals surface area contributed by atoms with Gasteiger partial charge in [0.1, 0.15) is 0 Å². The SMILES string of the molecule is CC(N)(c1ccc2c(c1)CCCC2)c1ccc(Cl)s1. The maximum Gasteiger partial charge on any atom is 0.0932 e. The fourth-order valence-electron chi connectivity index (χ4n) is 2.79. The van der Waals surface area contributed by atoms with E-state index in [4.69, 9.17) is 17.3 Å². The van der Waals surface area contributed by atoms with E-state index in [-0.39, 0.29) is 0 Å². The molecule has 100 valence electrons. The van der Waals surface area contributed by atoms with E-state index < -0.39 is 5.54 Å². The summed E-state index contributed by atoms with van der Waals surface area (Å²) in [6, 6.07) is 10.7. The summed E-state index contributed by atoms with van der Waals surface area (Å²) in [7, 11) is 0. The molecule has 0 amide bonds. The summed E-state index contributed by atoms with van der Waals surface area (Å²) in [6.07, 6.45) is 5.00. The highest BCUT2D eigenvalue weighted by molar-refractivity contribution is 7.16. The number of benzene rings is 1. The van der Waals surface area contributed by atoms with Crippen LogP contribution in [0.5, 0.6) is 0 Å². The molecular formula is C16H18ClNS. The van der Waals surface area contributed by atoms with E-state index in [2.05, 4.69) is 25.1 Å². The van der Waals surface area contributed by atoms with Gasteiger partial charge < -0.3 is 5.73 Å². The van der Waals surface area contributed by atoms with E-state index in [1.165, 1.54) is 42.4 Å². The Hall–Kier alpha value is -0.830. The molecule has 3 rings (SSSR count). The van der Waals surface area contributed by atoms with Gasteiger partial charge in [0.2, 0.25) is 0 Å². The van der Waals surface area contributed by atoms with Crippen molar-refractivity contribution in [1.82, 2.24) is 0 Å². The molecular weight excluding hydrogens is 274 g/mol. The van der Waals surface area contributed by atoms with Crippen LogP contribution in [0.25, 0.3) is 0 Å². The first-order valence-corrected chi connectivity index (χ1v) is 7.94. The lowest BCUT2D eigenvalue weighted by Crippen LogP contribution is -2.33. The monoisotopic (exact) mass is 291 g/mol. The zero-order valence-electron chi connectivity index (χ0n) is 11.1. The molecule has 0 bridgehead atoms. The van der Waals surface area contributed by atoms with Crippen molar-refractivity contribution in [2.45, 2.75) is 38.1 Å². The predicted molar refractivity (Wildman–Crippen MR) is 83.1 cm³/mol. The molecule has 0 saturated carbocycles. The Morgan fingerprint density at radius 2 is 1.84 bits per heavy atom. The second kappa shape index (κ2) is 4.93. The van der Waals surface area contributed by atoms with Gasteiger partial charge in [0, 0.05) is 4.88 Å². The average molecular weight is 292 g/mol. The van der Waals surface area contributed by atoms with Crippen LogP contribution in [0, 0.1) is 0 Å². The average Bonchev–Trinajstić information content (AvgIpc) is 2.85. The van der Waals surface area contributed by atoms with Gasteiger partial charge in [-0.25, -0.2) is 0 Å². The predicted octanol–water partition coefficient (Wildman–Crippen LogP) is 4.50. The minimum atomic E-state index is -0.454. The fourth-order valence-corrected chi connectivity index (χ4v) is 3.92. The van der Waals surface area contributed by atoms with E-state index in [1.807, 2.05) is 12.1 Å². The van der Waals surface area contributed by atoms with Crippen LogP contribution in [0.4, 0.5) is 0 Å². The second-order valence-electron chi connectivity index (χ2n) is 5.50. The van der Waals surface area contributed by atoms with E-state index in [0.717, 1.165) is 9.21 Å². The number of hydrogen-bond donors (Lipinski definition) is 1. The maximum absolute atomic E-state index is 6.56. The topological polar surface area (TPSA) is 26.0 Å². The van der Waals surface area contributed by atoms with Crippen molar-refractivity contribution in [2.24, 2.45) is 5.73 Å². The van der Waals surface area contributed by atoms with Crippen LogP contribution >= 0.6 is 22.9 Å². The van der Waals surface area contributed by atoms with Gasteiger partial charge in [0.05, 0.1) is 9.88 Å². The summed E-state index contributed by atoms with van der Waals surface area (Å²) < 4.78 is 0.796. The Morgan fingerprint density at radius 3 is 2.53 bits per heavy atom. The maximum atomic E-state index is 6.56. The van der Waals surface area contributed by atoms with Crippen LogP contribution in [0.3, 0.4) is 0 Å². The summed E-state index contributed by atoms with van der Waals surface area (Å²) in [6.45, 7) is 2.07. The van der Waals surface area contributed by atoms with Gasteiger partial charge in [-0.15, -0.1) is 11.3 Å². The normalized spacial score (nSPS) is 17.8. The van der Waals surface area contributed by atoms with Gasteiger partial charge in [-0.1, -0.05) is 29.8 Å². The van der Waals surface area contributed by atoms with Crippen molar-refractivity contribution in [3.63, 3.8) is 0 Å². The van der Waals surface area contributed by atoms with E-state index >= 15 is 0 Å². The quantitative estimate of drug-likeness (QED) is 0.866. The van der Waals surface area contributed by atoms with Crippen LogP contribution in [-0.4, -0.2) is 0 Å². The van der Waals surface area contributed by atoms with Gasteiger partial charge in [-0.3, -0.25) is 0 Å². The van der Waals surface area contributed by atoms with Crippen LogP contribution in [0.2, 0.25) is 4.34 Å². The third-order valence-corrected chi connectivity index (χ3v) is 5.50. The largest absolute Gasteiger partial charge is 0.317 e. The lowest BCUT2D eigenvalue weighted by atomic mass is 9.85. The van der Waals surface area contributed by atoms with Gasteiger partial charge in [0.25, 0.3) is 0 Å². The zero-order chi connectivity index (χ0) is 13.5. The number of halogens is 1. The first-order valence-electron chi connectivity index (χ1n) is 6.74. The first-order chi connectivity index (χ1) is 9.07. The van der Waals surface area contributed by atoms with E-state index in [0.29, 0.717) is 0 Å². The van der Waals surface area contributed by atoms with Crippen LogP contribution in [0.1, 0.15) is 41.3 Å². The summed E-state index contributed by atoms with van der Waals surface area (Å²) >= 11 is 7.60. The highest BCUT2D eigenvalue weighted by atomic mass is 35.5. The van der Waals surface area contributed by atoms with Crippen LogP contribution in [0.15, 0.2) is 30.3 Å². The second-order valence-corrected chi connectivity index (χ2v) is 7.21. The lowest BCUT2D eigenvalue weighted by molar-refractivity contribution is 0.610. The first kappa shape index (κ1) is 13.2. The number of aryl methyl sites for hydroxylation is 2. The van der Waals surface area contributed by atoms with Crippen molar-refractivity contribution < 1.29 is 0 Å². The minimum Gasteiger partial charge on any atom is -0.317 e. The Kier molecular flexibility index (Phi) is 3.42. The summed E-state index contributed by atoms with van der Waals surface area (Å²) in [5, 5.41) is 0. The summed E-state index contributed by atoms with van der Waals surface area (Å²) in [4.78, 5) is 1.12. The number of hydrogen-bond acceptors (Lipinski definition) is 2. The van der Waals surface area contributed by atoms with Crippen molar-refractivity contribution in [1.29, 1.82) is 0 Å². The number of fused-ring (bicyclic) bond motifs is 1. The van der Waals surface area contributed by atoms with Crippen LogP contribution < -0.4 is 5.73 Å². The van der Waals surface area contributed by atoms with E-state index in [9.17, 15) is 0 Å². The molecule has 19 heavy (non-hydrogen) atoms. The molecule has 1 aliphatic rings. The molecule has 0 saturated heterocycles. The number of rotatable bonds is 2. The molecule has 1 heterocycles. The smallest absolute Gasteiger partial charge is 0.0932 e. The highest BCUT2D eigenvalue weighted by Crippen LogP contribution is 2.35.